The van der Waals surface area contributed by atoms with Crippen molar-refractivity contribution in [2.24, 2.45) is 0 Å². The first kappa shape index (κ1) is 17.7. The van der Waals surface area contributed by atoms with Gasteiger partial charge in [0.05, 0.1) is 11.9 Å². The summed E-state index contributed by atoms with van der Waals surface area (Å²) in [5, 5.41) is 12.3. The third-order valence-corrected chi connectivity index (χ3v) is 5.22. The summed E-state index contributed by atoms with van der Waals surface area (Å²) in [7, 11) is -1.89. The van der Waals surface area contributed by atoms with Gasteiger partial charge in [0, 0.05) is 19.6 Å². The molecule has 2 rings (SSSR count). The van der Waals surface area contributed by atoms with Gasteiger partial charge in [-0.25, -0.2) is 17.9 Å². The van der Waals surface area contributed by atoms with Crippen LogP contribution in [0.15, 0.2) is 24.3 Å². The molecule has 0 aliphatic carbocycles. The summed E-state index contributed by atoms with van der Waals surface area (Å²) in [5.74, 6) is -0.0633. The zero-order valence-electron chi connectivity index (χ0n) is 13.2. The number of carbonyl (C=O) groups is 1. The van der Waals surface area contributed by atoms with Gasteiger partial charge in [-0.05, 0) is 31.0 Å². The quantitative estimate of drug-likeness (QED) is 0.722. The number of likely N-dealkylation sites (tertiary alicyclic amines) is 1. The van der Waals surface area contributed by atoms with Crippen molar-refractivity contribution >= 4 is 16.1 Å². The summed E-state index contributed by atoms with van der Waals surface area (Å²) in [5.41, 5.74) is 1.60. The topological polar surface area (TPSA) is 98.7 Å². The molecule has 0 saturated carbocycles. The van der Waals surface area contributed by atoms with Crippen LogP contribution in [-0.4, -0.2) is 50.7 Å². The third-order valence-electron chi connectivity index (χ3n) is 3.89. The summed E-state index contributed by atoms with van der Waals surface area (Å²) < 4.78 is 25.2. The number of sulfonamides is 1. The lowest BCUT2D eigenvalue weighted by Gasteiger charge is -2.29. The zero-order chi connectivity index (χ0) is 16.9. The Morgan fingerprint density at radius 2 is 1.78 bits per heavy atom. The van der Waals surface area contributed by atoms with Gasteiger partial charge in [0.2, 0.25) is 10.0 Å². The first-order valence-electron chi connectivity index (χ1n) is 7.59. The fraction of sp³-hybridized carbons (Fsp3) is 0.533. The van der Waals surface area contributed by atoms with E-state index in [1.807, 2.05) is 0 Å². The van der Waals surface area contributed by atoms with E-state index < -0.39 is 10.0 Å². The lowest BCUT2D eigenvalue weighted by Crippen LogP contribution is -2.45. The van der Waals surface area contributed by atoms with Crippen LogP contribution in [0.2, 0.25) is 0 Å². The molecule has 0 bridgehead atoms. The minimum atomic E-state index is -3.28. The van der Waals surface area contributed by atoms with Crippen molar-refractivity contribution in [3.05, 3.63) is 35.4 Å². The number of benzene rings is 1. The van der Waals surface area contributed by atoms with Crippen LogP contribution in [-0.2, 0) is 22.3 Å². The molecule has 0 atom stereocenters. The summed E-state index contributed by atoms with van der Waals surface area (Å²) in [4.78, 5) is 13.7. The van der Waals surface area contributed by atoms with Gasteiger partial charge in [-0.15, -0.1) is 0 Å². The minimum Gasteiger partial charge on any atom is -0.393 e. The average molecular weight is 341 g/mol. The van der Waals surface area contributed by atoms with Gasteiger partial charge in [0.1, 0.15) is 0 Å². The third kappa shape index (κ3) is 5.49. The van der Waals surface area contributed by atoms with Crippen LogP contribution in [0.1, 0.15) is 24.0 Å². The van der Waals surface area contributed by atoms with Gasteiger partial charge in [0.15, 0.2) is 0 Å². The highest BCUT2D eigenvalue weighted by molar-refractivity contribution is 7.88. The summed E-state index contributed by atoms with van der Waals surface area (Å²) in [6.45, 7) is 1.51. The predicted molar refractivity (Wildman–Crippen MR) is 87.2 cm³/mol. The molecular formula is C15H23N3O4S. The summed E-state index contributed by atoms with van der Waals surface area (Å²) in [6, 6.07) is 6.96. The molecule has 0 radical (unpaired) electrons. The molecule has 1 aromatic rings. The number of hydrogen-bond donors (Lipinski definition) is 3. The Hall–Kier alpha value is -1.64. The van der Waals surface area contributed by atoms with Crippen molar-refractivity contribution in [1.82, 2.24) is 14.9 Å². The largest absolute Gasteiger partial charge is 0.393 e. The Morgan fingerprint density at radius 1 is 1.22 bits per heavy atom. The van der Waals surface area contributed by atoms with Crippen LogP contribution in [0.4, 0.5) is 4.79 Å². The SMILES string of the molecule is CNS(=O)(=O)Cc1ccc(CNC(=O)N2CCC(O)CC2)cc1. The number of aliphatic hydroxyl groups is 1. The minimum absolute atomic E-state index is 0.0633. The maximum atomic E-state index is 12.0. The normalized spacial score (nSPS) is 16.3. The Kier molecular flexibility index (Phi) is 5.97. The molecule has 0 unspecified atom stereocenters. The maximum absolute atomic E-state index is 12.0. The molecule has 1 aliphatic rings. The Balaban J connectivity index is 1.83. The monoisotopic (exact) mass is 341 g/mol. The van der Waals surface area contributed by atoms with Gasteiger partial charge in [0.25, 0.3) is 0 Å². The van der Waals surface area contributed by atoms with Crippen molar-refractivity contribution in [2.45, 2.75) is 31.2 Å². The van der Waals surface area contributed by atoms with Crippen molar-refractivity contribution in [2.75, 3.05) is 20.1 Å². The summed E-state index contributed by atoms with van der Waals surface area (Å²) in [6.07, 6.45) is 0.921. The lowest BCUT2D eigenvalue weighted by atomic mass is 10.1. The van der Waals surface area contributed by atoms with E-state index >= 15 is 0 Å². The highest BCUT2D eigenvalue weighted by atomic mass is 32.2. The first-order valence-corrected chi connectivity index (χ1v) is 9.25. The molecule has 23 heavy (non-hydrogen) atoms. The second-order valence-corrected chi connectivity index (χ2v) is 7.58. The van der Waals surface area contributed by atoms with E-state index in [2.05, 4.69) is 10.0 Å². The van der Waals surface area contributed by atoms with Crippen LogP contribution >= 0.6 is 0 Å². The second kappa shape index (κ2) is 7.76. The number of aliphatic hydroxyl groups excluding tert-OH is 1. The van der Waals surface area contributed by atoms with E-state index in [0.29, 0.717) is 38.0 Å². The van der Waals surface area contributed by atoms with E-state index in [4.69, 9.17) is 0 Å². The van der Waals surface area contributed by atoms with Crippen molar-refractivity contribution in [3.63, 3.8) is 0 Å². The van der Waals surface area contributed by atoms with E-state index in [-0.39, 0.29) is 17.9 Å². The molecule has 1 fully saturated rings. The second-order valence-electron chi connectivity index (χ2n) is 5.66. The Labute approximate surface area is 136 Å². The van der Waals surface area contributed by atoms with Crippen molar-refractivity contribution < 1.29 is 18.3 Å². The number of piperidine rings is 1. The molecular weight excluding hydrogens is 318 g/mol. The van der Waals surface area contributed by atoms with Crippen LogP contribution < -0.4 is 10.0 Å². The highest BCUT2D eigenvalue weighted by Crippen LogP contribution is 2.11. The molecule has 8 heteroatoms. The van der Waals surface area contributed by atoms with E-state index in [9.17, 15) is 18.3 Å². The molecule has 2 amide bonds. The smallest absolute Gasteiger partial charge is 0.317 e. The average Bonchev–Trinajstić information content (AvgIpc) is 2.54. The summed E-state index contributed by atoms with van der Waals surface area (Å²) >= 11 is 0. The van der Waals surface area contributed by atoms with Crippen LogP contribution in [0.5, 0.6) is 0 Å². The molecule has 128 valence electrons. The van der Waals surface area contributed by atoms with E-state index in [0.717, 1.165) is 5.56 Å². The fourth-order valence-corrected chi connectivity index (χ4v) is 3.18. The number of urea groups is 1. The number of nitrogens with one attached hydrogen (secondary N) is 2. The number of nitrogens with zero attached hydrogens (tertiary/aromatic N) is 1. The first-order chi connectivity index (χ1) is 10.9. The Morgan fingerprint density at radius 3 is 2.35 bits per heavy atom. The predicted octanol–water partition coefficient (Wildman–Crippen LogP) is 0.402. The molecule has 7 nitrogen and oxygen atoms in total. The lowest BCUT2D eigenvalue weighted by molar-refractivity contribution is 0.0936. The standard InChI is InChI=1S/C15H23N3O4S/c1-16-23(21,22)11-13-4-2-12(3-5-13)10-17-15(20)18-8-6-14(19)7-9-18/h2-5,14,16,19H,6-11H2,1H3,(H,17,20). The zero-order valence-corrected chi connectivity index (χ0v) is 14.0. The molecule has 1 aromatic carbocycles. The molecule has 1 heterocycles. The van der Waals surface area contributed by atoms with Crippen LogP contribution in [0.25, 0.3) is 0 Å². The van der Waals surface area contributed by atoms with Gasteiger partial charge in [-0.1, -0.05) is 24.3 Å². The van der Waals surface area contributed by atoms with Gasteiger partial charge >= 0.3 is 6.03 Å². The number of hydrogen-bond acceptors (Lipinski definition) is 4. The van der Waals surface area contributed by atoms with Gasteiger partial charge < -0.3 is 15.3 Å². The number of rotatable bonds is 5. The maximum Gasteiger partial charge on any atom is 0.317 e. The number of carbonyl (C=O) groups excluding carboxylic acids is 1. The highest BCUT2D eigenvalue weighted by Gasteiger charge is 2.20. The molecule has 3 N–H and O–H groups in total. The van der Waals surface area contributed by atoms with E-state index in [1.165, 1.54) is 7.05 Å². The van der Waals surface area contributed by atoms with Crippen molar-refractivity contribution in [3.8, 4) is 0 Å². The van der Waals surface area contributed by atoms with Crippen LogP contribution in [0.3, 0.4) is 0 Å². The van der Waals surface area contributed by atoms with E-state index in [1.54, 1.807) is 29.2 Å². The fourth-order valence-electron chi connectivity index (χ4n) is 2.40. The molecule has 0 aromatic heterocycles. The van der Waals surface area contributed by atoms with Crippen molar-refractivity contribution in [1.29, 1.82) is 0 Å². The molecule has 0 spiro atoms. The molecule has 1 saturated heterocycles. The number of amides is 2. The molecule has 1 aliphatic heterocycles. The Bertz CT molecular complexity index is 623. The van der Waals surface area contributed by atoms with Gasteiger partial charge in [-0.2, -0.15) is 0 Å². The van der Waals surface area contributed by atoms with Gasteiger partial charge in [-0.3, -0.25) is 0 Å². The van der Waals surface area contributed by atoms with Crippen LogP contribution in [0, 0.1) is 0 Å².